The van der Waals surface area contributed by atoms with Crippen molar-refractivity contribution in [2.24, 2.45) is 0 Å². The van der Waals surface area contributed by atoms with E-state index >= 15 is 0 Å². The van der Waals surface area contributed by atoms with E-state index in [0.717, 1.165) is 54.2 Å². The molecule has 0 saturated carbocycles. The number of rotatable bonds is 4. The normalized spacial score (nSPS) is 11.3. The highest BCUT2D eigenvalue weighted by molar-refractivity contribution is 9.10. The molecule has 0 saturated heterocycles. The number of hydrogen-bond acceptors (Lipinski definition) is 4. The largest absolute Gasteiger partial charge is 0.456 e. The lowest BCUT2D eigenvalue weighted by atomic mass is 10.0. The maximum atomic E-state index is 6.28. The van der Waals surface area contributed by atoms with E-state index in [-0.39, 0.29) is 0 Å². The number of fused-ring (bicyclic) bond motifs is 3. The van der Waals surface area contributed by atoms with Crippen LogP contribution in [0.15, 0.2) is 130 Å². The van der Waals surface area contributed by atoms with Crippen molar-refractivity contribution in [3.63, 3.8) is 0 Å². The first kappa shape index (κ1) is 22.6. The van der Waals surface area contributed by atoms with Gasteiger partial charge in [-0.15, -0.1) is 0 Å². The molecule has 7 aromatic rings. The van der Waals surface area contributed by atoms with Crippen LogP contribution in [-0.2, 0) is 0 Å². The lowest BCUT2D eigenvalue weighted by Crippen LogP contribution is -2.00. The van der Waals surface area contributed by atoms with E-state index in [9.17, 15) is 0 Å². The molecule has 0 radical (unpaired) electrons. The first-order chi connectivity index (χ1) is 18.7. The molecule has 0 bridgehead atoms. The van der Waals surface area contributed by atoms with Gasteiger partial charge in [-0.05, 0) is 41.5 Å². The highest BCUT2D eigenvalue weighted by atomic mass is 79.9. The maximum absolute atomic E-state index is 6.28. The Morgan fingerprint density at radius 1 is 0.474 bits per heavy atom. The summed E-state index contributed by atoms with van der Waals surface area (Å²) in [4.78, 5) is 14.8. The van der Waals surface area contributed by atoms with Gasteiger partial charge in [0.05, 0.1) is 0 Å². The molecule has 0 unspecified atom stereocenters. The van der Waals surface area contributed by atoms with Crippen molar-refractivity contribution in [3.05, 3.63) is 126 Å². The van der Waals surface area contributed by atoms with E-state index in [1.807, 2.05) is 91.0 Å². The van der Waals surface area contributed by atoms with Crippen LogP contribution in [0.1, 0.15) is 0 Å². The smallest absolute Gasteiger partial charge is 0.164 e. The van der Waals surface area contributed by atoms with Gasteiger partial charge in [-0.1, -0.05) is 107 Å². The standard InChI is InChI=1S/C33H20BrN3O/c34-25-14-7-13-23(19-25)24-17-18-28-27(20-24)30-26(15-8-16-29(30)38-28)33-36-31(21-9-3-1-4-10-21)35-32(37-33)22-11-5-2-6-12-22/h1-20H. The molecule has 0 aliphatic rings. The predicted molar refractivity (Wildman–Crippen MR) is 157 cm³/mol. The molecule has 7 rings (SSSR count). The average Bonchev–Trinajstić information content (AvgIpc) is 3.36. The molecule has 0 fully saturated rings. The van der Waals surface area contributed by atoms with Gasteiger partial charge in [0.1, 0.15) is 11.2 Å². The summed E-state index contributed by atoms with van der Waals surface area (Å²) in [6.45, 7) is 0. The summed E-state index contributed by atoms with van der Waals surface area (Å²) >= 11 is 3.59. The Bertz CT molecular complexity index is 1870. The second kappa shape index (κ2) is 9.36. The van der Waals surface area contributed by atoms with Crippen molar-refractivity contribution < 1.29 is 4.42 Å². The van der Waals surface area contributed by atoms with E-state index in [0.29, 0.717) is 17.5 Å². The topological polar surface area (TPSA) is 51.8 Å². The van der Waals surface area contributed by atoms with Gasteiger partial charge in [-0.25, -0.2) is 15.0 Å². The minimum absolute atomic E-state index is 0.610. The lowest BCUT2D eigenvalue weighted by molar-refractivity contribution is 0.669. The van der Waals surface area contributed by atoms with Crippen LogP contribution in [0.5, 0.6) is 0 Å². The van der Waals surface area contributed by atoms with Crippen molar-refractivity contribution in [1.29, 1.82) is 0 Å². The molecular formula is C33H20BrN3O. The number of halogens is 1. The van der Waals surface area contributed by atoms with Crippen LogP contribution in [0, 0.1) is 0 Å². The number of benzene rings is 5. The molecule has 0 aliphatic heterocycles. The molecule has 0 N–H and O–H groups in total. The molecule has 0 amide bonds. The van der Waals surface area contributed by atoms with Crippen LogP contribution in [0.2, 0.25) is 0 Å². The van der Waals surface area contributed by atoms with Crippen molar-refractivity contribution in [3.8, 4) is 45.3 Å². The third-order valence-electron chi connectivity index (χ3n) is 6.59. The zero-order valence-corrected chi connectivity index (χ0v) is 21.8. The summed E-state index contributed by atoms with van der Waals surface area (Å²) in [5.41, 5.74) is 6.65. The molecule has 2 heterocycles. The summed E-state index contributed by atoms with van der Waals surface area (Å²) in [5.74, 6) is 1.88. The highest BCUT2D eigenvalue weighted by Crippen LogP contribution is 2.38. The van der Waals surface area contributed by atoms with Crippen molar-refractivity contribution in [2.75, 3.05) is 0 Å². The molecule has 38 heavy (non-hydrogen) atoms. The first-order valence-corrected chi connectivity index (χ1v) is 13.1. The summed E-state index contributed by atoms with van der Waals surface area (Å²) in [6.07, 6.45) is 0. The number of hydrogen-bond donors (Lipinski definition) is 0. The van der Waals surface area contributed by atoms with Crippen molar-refractivity contribution in [1.82, 2.24) is 15.0 Å². The fraction of sp³-hybridized carbons (Fsp3) is 0. The number of furan rings is 1. The van der Waals surface area contributed by atoms with Gasteiger partial charge >= 0.3 is 0 Å². The van der Waals surface area contributed by atoms with E-state index in [4.69, 9.17) is 19.4 Å². The Kier molecular flexibility index (Phi) is 5.56. The molecule has 180 valence electrons. The zero-order valence-electron chi connectivity index (χ0n) is 20.2. The summed E-state index contributed by atoms with van der Waals surface area (Å²) in [5, 5.41) is 2.01. The van der Waals surface area contributed by atoms with Gasteiger partial charge in [0.25, 0.3) is 0 Å². The van der Waals surface area contributed by atoms with E-state index in [1.54, 1.807) is 0 Å². The van der Waals surface area contributed by atoms with Crippen molar-refractivity contribution >= 4 is 37.9 Å². The minimum atomic E-state index is 0.610. The van der Waals surface area contributed by atoms with Gasteiger partial charge in [-0.3, -0.25) is 0 Å². The fourth-order valence-electron chi connectivity index (χ4n) is 4.79. The van der Waals surface area contributed by atoms with E-state index in [2.05, 4.69) is 46.3 Å². The Labute approximate surface area is 227 Å². The zero-order chi connectivity index (χ0) is 25.5. The summed E-state index contributed by atoms with van der Waals surface area (Å²) in [6, 6.07) is 40.7. The third-order valence-corrected chi connectivity index (χ3v) is 7.09. The SMILES string of the molecule is Brc1cccc(-c2ccc3oc4cccc(-c5nc(-c6ccccc6)nc(-c6ccccc6)n5)c4c3c2)c1. The van der Waals surface area contributed by atoms with Crippen LogP contribution in [0.4, 0.5) is 0 Å². The molecule has 0 spiro atoms. The highest BCUT2D eigenvalue weighted by Gasteiger charge is 2.18. The van der Waals surface area contributed by atoms with Crippen LogP contribution in [0.25, 0.3) is 67.2 Å². The Balaban J connectivity index is 1.48. The molecule has 0 atom stereocenters. The van der Waals surface area contributed by atoms with Crippen molar-refractivity contribution in [2.45, 2.75) is 0 Å². The monoisotopic (exact) mass is 553 g/mol. The molecule has 0 aliphatic carbocycles. The van der Waals surface area contributed by atoms with E-state index < -0.39 is 0 Å². The van der Waals surface area contributed by atoms with Gasteiger partial charge in [0.15, 0.2) is 17.5 Å². The Morgan fingerprint density at radius 3 is 1.76 bits per heavy atom. The number of aromatic nitrogens is 3. The Hall–Kier alpha value is -4.61. The second-order valence-electron chi connectivity index (χ2n) is 9.04. The van der Waals surface area contributed by atoms with Crippen LogP contribution >= 0.6 is 15.9 Å². The molecule has 4 nitrogen and oxygen atoms in total. The average molecular weight is 554 g/mol. The van der Waals surface area contributed by atoms with Crippen LogP contribution < -0.4 is 0 Å². The summed E-state index contributed by atoms with van der Waals surface area (Å²) in [7, 11) is 0. The predicted octanol–water partition coefficient (Wildman–Crippen LogP) is 9.20. The van der Waals surface area contributed by atoms with Gasteiger partial charge in [0, 0.05) is 31.9 Å². The first-order valence-electron chi connectivity index (χ1n) is 12.3. The second-order valence-corrected chi connectivity index (χ2v) is 9.96. The van der Waals surface area contributed by atoms with Crippen LogP contribution in [0.3, 0.4) is 0 Å². The third kappa shape index (κ3) is 4.07. The lowest BCUT2D eigenvalue weighted by Gasteiger charge is -2.09. The van der Waals surface area contributed by atoms with Gasteiger partial charge in [-0.2, -0.15) is 0 Å². The molecule has 2 aromatic heterocycles. The van der Waals surface area contributed by atoms with Gasteiger partial charge in [0.2, 0.25) is 0 Å². The minimum Gasteiger partial charge on any atom is -0.456 e. The summed E-state index contributed by atoms with van der Waals surface area (Å²) < 4.78 is 7.32. The van der Waals surface area contributed by atoms with Crippen LogP contribution in [-0.4, -0.2) is 15.0 Å². The quantitative estimate of drug-likeness (QED) is 0.218. The molecule has 5 heteroatoms. The maximum Gasteiger partial charge on any atom is 0.164 e. The molecular weight excluding hydrogens is 534 g/mol. The van der Waals surface area contributed by atoms with E-state index in [1.165, 1.54) is 0 Å². The molecule has 5 aromatic carbocycles. The number of nitrogens with zero attached hydrogens (tertiary/aromatic N) is 3. The fourth-order valence-corrected chi connectivity index (χ4v) is 5.19. The van der Waals surface area contributed by atoms with Gasteiger partial charge < -0.3 is 4.42 Å². The Morgan fingerprint density at radius 2 is 1.08 bits per heavy atom.